The Morgan fingerprint density at radius 2 is 2.24 bits per heavy atom. The summed E-state index contributed by atoms with van der Waals surface area (Å²) in [5, 5.41) is 6.00. The summed E-state index contributed by atoms with van der Waals surface area (Å²) in [5.41, 5.74) is 0.832. The van der Waals surface area contributed by atoms with E-state index in [0.717, 1.165) is 19.4 Å². The minimum absolute atomic E-state index is 0.0786. The fourth-order valence-corrected chi connectivity index (χ4v) is 2.34. The highest BCUT2D eigenvalue weighted by Gasteiger charge is 2.18. The number of benzene rings is 1. The average molecular weight is 311 g/mol. The van der Waals surface area contributed by atoms with Gasteiger partial charge in [-0.15, -0.1) is 0 Å². The van der Waals surface area contributed by atoms with E-state index in [0.29, 0.717) is 29.2 Å². The zero-order valence-corrected chi connectivity index (χ0v) is 12.7. The van der Waals surface area contributed by atoms with E-state index in [9.17, 15) is 9.59 Å². The van der Waals surface area contributed by atoms with Gasteiger partial charge in [-0.05, 0) is 31.0 Å². The van der Waals surface area contributed by atoms with E-state index >= 15 is 0 Å². The molecule has 0 bridgehead atoms. The molecule has 0 aliphatic carbocycles. The van der Waals surface area contributed by atoms with Gasteiger partial charge in [-0.25, -0.2) is 0 Å². The predicted molar refractivity (Wildman–Crippen MR) is 81.7 cm³/mol. The summed E-state index contributed by atoms with van der Waals surface area (Å²) in [6.07, 6.45) is 2.40. The molecular formula is C15H19ClN2O3. The first-order valence-electron chi connectivity index (χ1n) is 7.09. The van der Waals surface area contributed by atoms with Crippen molar-refractivity contribution in [3.63, 3.8) is 0 Å². The van der Waals surface area contributed by atoms with Crippen LogP contribution in [0.5, 0.6) is 0 Å². The smallest absolute Gasteiger partial charge is 0.253 e. The van der Waals surface area contributed by atoms with Crippen LogP contribution < -0.4 is 10.6 Å². The number of ether oxygens (including phenoxy) is 1. The average Bonchev–Trinajstić information content (AvgIpc) is 2.98. The molecule has 1 aromatic rings. The van der Waals surface area contributed by atoms with Crippen LogP contribution in [0.2, 0.25) is 5.02 Å². The van der Waals surface area contributed by atoms with Crippen molar-refractivity contribution in [2.24, 2.45) is 0 Å². The highest BCUT2D eigenvalue weighted by molar-refractivity contribution is 6.31. The molecule has 2 amide bonds. The Kier molecular flexibility index (Phi) is 5.59. The highest BCUT2D eigenvalue weighted by atomic mass is 35.5. The molecule has 1 heterocycles. The lowest BCUT2D eigenvalue weighted by Crippen LogP contribution is -2.32. The van der Waals surface area contributed by atoms with Crippen molar-refractivity contribution in [2.75, 3.05) is 18.5 Å². The molecule has 0 unspecified atom stereocenters. The van der Waals surface area contributed by atoms with Crippen LogP contribution in [-0.4, -0.2) is 31.1 Å². The number of hydrogen-bond acceptors (Lipinski definition) is 3. The summed E-state index contributed by atoms with van der Waals surface area (Å²) in [6, 6.07) is 4.82. The van der Waals surface area contributed by atoms with E-state index in [-0.39, 0.29) is 17.9 Å². The van der Waals surface area contributed by atoms with E-state index in [2.05, 4.69) is 10.6 Å². The van der Waals surface area contributed by atoms with E-state index in [1.165, 1.54) is 0 Å². The maximum Gasteiger partial charge on any atom is 0.253 e. The van der Waals surface area contributed by atoms with Gasteiger partial charge >= 0.3 is 0 Å². The summed E-state index contributed by atoms with van der Waals surface area (Å²) in [6.45, 7) is 2.97. The van der Waals surface area contributed by atoms with E-state index in [4.69, 9.17) is 16.3 Å². The Hall–Kier alpha value is -1.59. The molecule has 0 saturated carbocycles. The molecule has 5 nitrogen and oxygen atoms in total. The molecule has 1 atom stereocenters. The third-order valence-corrected chi connectivity index (χ3v) is 3.57. The van der Waals surface area contributed by atoms with Crippen LogP contribution >= 0.6 is 11.6 Å². The van der Waals surface area contributed by atoms with E-state index in [1.807, 2.05) is 0 Å². The monoisotopic (exact) mass is 310 g/mol. The summed E-state index contributed by atoms with van der Waals surface area (Å²) >= 11 is 5.93. The Bertz CT molecular complexity index is 528. The van der Waals surface area contributed by atoms with Gasteiger partial charge in [-0.3, -0.25) is 9.59 Å². The van der Waals surface area contributed by atoms with Crippen LogP contribution in [0.4, 0.5) is 5.69 Å². The van der Waals surface area contributed by atoms with E-state index < -0.39 is 0 Å². The van der Waals surface area contributed by atoms with Crippen molar-refractivity contribution < 1.29 is 14.3 Å². The summed E-state index contributed by atoms with van der Waals surface area (Å²) in [7, 11) is 0. The number of carbonyl (C=O) groups is 2. The van der Waals surface area contributed by atoms with Gasteiger partial charge in [0.2, 0.25) is 5.91 Å². The Balaban J connectivity index is 2.05. The van der Waals surface area contributed by atoms with Gasteiger partial charge in [0.25, 0.3) is 5.91 Å². The Labute approximate surface area is 129 Å². The number of carbonyl (C=O) groups excluding carboxylic acids is 2. The standard InChI is InChI=1S/C15H19ClN2O3/c1-2-14(19)18-13-8-10(16)5-6-12(13)15(20)17-9-11-4-3-7-21-11/h5-6,8,11H,2-4,7,9H2,1H3,(H,17,20)(H,18,19)/t11-/m0/s1. The van der Waals surface area contributed by atoms with Crippen LogP contribution in [0, 0.1) is 0 Å². The second kappa shape index (κ2) is 7.43. The van der Waals surface area contributed by atoms with Crippen LogP contribution in [0.3, 0.4) is 0 Å². The molecule has 2 N–H and O–H groups in total. The topological polar surface area (TPSA) is 67.4 Å². The van der Waals surface area contributed by atoms with Gasteiger partial charge in [0.15, 0.2) is 0 Å². The van der Waals surface area contributed by atoms with E-state index in [1.54, 1.807) is 25.1 Å². The van der Waals surface area contributed by atoms with Gasteiger partial charge < -0.3 is 15.4 Å². The first-order chi connectivity index (χ1) is 10.1. The zero-order chi connectivity index (χ0) is 15.2. The second-order valence-electron chi connectivity index (χ2n) is 4.94. The predicted octanol–water partition coefficient (Wildman–Crippen LogP) is 2.60. The lowest BCUT2D eigenvalue weighted by Gasteiger charge is -2.14. The van der Waals surface area contributed by atoms with Crippen molar-refractivity contribution in [1.82, 2.24) is 5.32 Å². The van der Waals surface area contributed by atoms with Crippen LogP contribution in [0.1, 0.15) is 36.5 Å². The van der Waals surface area contributed by atoms with Crippen LogP contribution in [0.15, 0.2) is 18.2 Å². The van der Waals surface area contributed by atoms with Crippen LogP contribution in [0.25, 0.3) is 0 Å². The lowest BCUT2D eigenvalue weighted by atomic mass is 10.1. The zero-order valence-electron chi connectivity index (χ0n) is 11.9. The molecule has 1 saturated heterocycles. The third-order valence-electron chi connectivity index (χ3n) is 3.34. The molecule has 6 heteroatoms. The largest absolute Gasteiger partial charge is 0.376 e. The van der Waals surface area contributed by atoms with Crippen molar-refractivity contribution in [3.8, 4) is 0 Å². The number of halogens is 1. The molecule has 0 spiro atoms. The number of nitrogens with one attached hydrogen (secondary N) is 2. The van der Waals surface area contributed by atoms with Crippen molar-refractivity contribution in [2.45, 2.75) is 32.3 Å². The van der Waals surface area contributed by atoms with Gasteiger partial charge in [-0.1, -0.05) is 18.5 Å². The van der Waals surface area contributed by atoms with Gasteiger partial charge in [0.1, 0.15) is 0 Å². The number of rotatable bonds is 5. The maximum atomic E-state index is 12.2. The lowest BCUT2D eigenvalue weighted by molar-refractivity contribution is -0.115. The highest BCUT2D eigenvalue weighted by Crippen LogP contribution is 2.21. The molecule has 0 radical (unpaired) electrons. The molecule has 0 aromatic heterocycles. The Morgan fingerprint density at radius 3 is 2.90 bits per heavy atom. The number of anilines is 1. The minimum atomic E-state index is -0.242. The van der Waals surface area contributed by atoms with Crippen molar-refractivity contribution >= 4 is 29.1 Å². The van der Waals surface area contributed by atoms with Gasteiger partial charge in [-0.2, -0.15) is 0 Å². The molecule has 21 heavy (non-hydrogen) atoms. The maximum absolute atomic E-state index is 12.2. The minimum Gasteiger partial charge on any atom is -0.376 e. The first kappa shape index (κ1) is 15.8. The normalized spacial score (nSPS) is 17.5. The molecule has 1 fully saturated rings. The molecule has 114 valence electrons. The molecule has 2 rings (SSSR count). The van der Waals surface area contributed by atoms with Crippen LogP contribution in [-0.2, 0) is 9.53 Å². The molecule has 1 aliphatic rings. The fourth-order valence-electron chi connectivity index (χ4n) is 2.16. The summed E-state index contributed by atoms with van der Waals surface area (Å²) < 4.78 is 5.46. The fraction of sp³-hybridized carbons (Fsp3) is 0.467. The third kappa shape index (κ3) is 4.44. The summed E-state index contributed by atoms with van der Waals surface area (Å²) in [5.74, 6) is -0.404. The molecular weight excluding hydrogens is 292 g/mol. The second-order valence-corrected chi connectivity index (χ2v) is 5.37. The molecule has 1 aromatic carbocycles. The van der Waals surface area contributed by atoms with Crippen molar-refractivity contribution in [1.29, 1.82) is 0 Å². The first-order valence-corrected chi connectivity index (χ1v) is 7.47. The quantitative estimate of drug-likeness (QED) is 0.878. The molecule has 1 aliphatic heterocycles. The van der Waals surface area contributed by atoms with Gasteiger partial charge in [0, 0.05) is 24.6 Å². The van der Waals surface area contributed by atoms with Crippen molar-refractivity contribution in [3.05, 3.63) is 28.8 Å². The Morgan fingerprint density at radius 1 is 1.43 bits per heavy atom. The van der Waals surface area contributed by atoms with Gasteiger partial charge in [0.05, 0.1) is 17.4 Å². The summed E-state index contributed by atoms with van der Waals surface area (Å²) in [4.78, 5) is 23.8. The number of hydrogen-bond donors (Lipinski definition) is 2. The number of amides is 2. The SMILES string of the molecule is CCC(=O)Nc1cc(Cl)ccc1C(=O)NC[C@@H]1CCCO1.